The van der Waals surface area contributed by atoms with E-state index in [9.17, 15) is 5.11 Å². The molecule has 156 valence electrons. The van der Waals surface area contributed by atoms with E-state index in [1.165, 1.54) is 0 Å². The summed E-state index contributed by atoms with van der Waals surface area (Å²) in [7, 11) is 0. The molecule has 0 aliphatic heterocycles. The first-order valence-corrected chi connectivity index (χ1v) is 10.4. The lowest BCUT2D eigenvalue weighted by Gasteiger charge is -2.11. The Morgan fingerprint density at radius 3 is 1.71 bits per heavy atom. The van der Waals surface area contributed by atoms with Crippen LogP contribution in [0.1, 0.15) is 24.5 Å². The molecule has 0 unspecified atom stereocenters. The maximum Gasteiger partial charge on any atom is 0.167 e. The fraction of sp³-hybridized carbons (Fsp3) is 0.192. The smallest absolute Gasteiger partial charge is 0.167 e. The van der Waals surface area contributed by atoms with Crippen molar-refractivity contribution < 1.29 is 9.84 Å². The van der Waals surface area contributed by atoms with E-state index in [1.807, 2.05) is 75.4 Å². The predicted octanol–water partition coefficient (Wildman–Crippen LogP) is 5.98. The summed E-state index contributed by atoms with van der Waals surface area (Å²) in [5, 5.41) is 10.7. The van der Waals surface area contributed by atoms with Gasteiger partial charge in [-0.3, -0.25) is 0 Å². The monoisotopic (exact) mass is 411 g/mol. The number of aryl methyl sites for hydroxylation is 2. The summed E-state index contributed by atoms with van der Waals surface area (Å²) in [6.07, 6.45) is 0.899. The van der Waals surface area contributed by atoms with Gasteiger partial charge in [-0.1, -0.05) is 66.6 Å². The van der Waals surface area contributed by atoms with Crippen LogP contribution in [0.5, 0.6) is 11.5 Å². The molecule has 0 radical (unpaired) electrons. The second kappa shape index (κ2) is 8.96. The van der Waals surface area contributed by atoms with Crippen LogP contribution in [0, 0.1) is 13.8 Å². The van der Waals surface area contributed by atoms with Gasteiger partial charge in [0.15, 0.2) is 17.5 Å². The van der Waals surface area contributed by atoms with Gasteiger partial charge in [0, 0.05) is 17.2 Å². The average Bonchev–Trinajstić information content (AvgIpc) is 2.78. The van der Waals surface area contributed by atoms with Crippen molar-refractivity contribution >= 4 is 0 Å². The third-order valence-electron chi connectivity index (χ3n) is 4.94. The highest BCUT2D eigenvalue weighted by Crippen LogP contribution is 2.32. The van der Waals surface area contributed by atoms with E-state index in [1.54, 1.807) is 12.1 Å². The number of aromatic nitrogens is 3. The van der Waals surface area contributed by atoms with E-state index in [0.29, 0.717) is 35.4 Å². The lowest BCUT2D eigenvalue weighted by Crippen LogP contribution is -2.01. The number of benzene rings is 3. The lowest BCUT2D eigenvalue weighted by atomic mass is 10.1. The van der Waals surface area contributed by atoms with Crippen molar-refractivity contribution in [3.8, 4) is 45.7 Å². The van der Waals surface area contributed by atoms with E-state index >= 15 is 0 Å². The van der Waals surface area contributed by atoms with Gasteiger partial charge in [-0.25, -0.2) is 15.0 Å². The normalized spacial score (nSPS) is 10.8. The third kappa shape index (κ3) is 4.72. The number of rotatable bonds is 6. The Labute approximate surface area is 182 Å². The molecular weight excluding hydrogens is 386 g/mol. The zero-order chi connectivity index (χ0) is 21.8. The Balaban J connectivity index is 1.83. The summed E-state index contributed by atoms with van der Waals surface area (Å²) in [6, 6.07) is 21.3. The maximum atomic E-state index is 10.7. The minimum Gasteiger partial charge on any atom is -0.507 e. The van der Waals surface area contributed by atoms with Gasteiger partial charge in [-0.2, -0.15) is 0 Å². The van der Waals surface area contributed by atoms with Crippen LogP contribution in [-0.2, 0) is 0 Å². The number of ether oxygens (including phenoxy) is 1. The third-order valence-corrected chi connectivity index (χ3v) is 4.94. The predicted molar refractivity (Wildman–Crippen MR) is 123 cm³/mol. The van der Waals surface area contributed by atoms with Gasteiger partial charge in [0.1, 0.15) is 11.5 Å². The van der Waals surface area contributed by atoms with Gasteiger partial charge in [0.2, 0.25) is 0 Å². The molecule has 0 atom stereocenters. The Bertz CT molecular complexity index is 1120. The van der Waals surface area contributed by atoms with Crippen LogP contribution in [0.4, 0.5) is 0 Å². The van der Waals surface area contributed by atoms with Crippen LogP contribution >= 0.6 is 0 Å². The Morgan fingerprint density at radius 2 is 1.23 bits per heavy atom. The molecule has 0 bridgehead atoms. The van der Waals surface area contributed by atoms with E-state index in [0.717, 1.165) is 28.7 Å². The Morgan fingerprint density at radius 1 is 0.710 bits per heavy atom. The SMILES string of the molecule is CCCOc1ccc(-c2nc(-c3ccc(C)cc3)nc(-c3ccc(C)cc3)n2)c(O)c1. The molecule has 0 amide bonds. The number of nitrogens with zero attached hydrogens (tertiary/aromatic N) is 3. The van der Waals surface area contributed by atoms with E-state index < -0.39 is 0 Å². The lowest BCUT2D eigenvalue weighted by molar-refractivity contribution is 0.315. The Kier molecular flexibility index (Phi) is 5.94. The van der Waals surface area contributed by atoms with Crippen LogP contribution in [0.25, 0.3) is 34.2 Å². The van der Waals surface area contributed by atoms with Crippen molar-refractivity contribution in [3.05, 3.63) is 77.9 Å². The number of phenols is 1. The van der Waals surface area contributed by atoms with Gasteiger partial charge in [-0.05, 0) is 32.4 Å². The summed E-state index contributed by atoms with van der Waals surface area (Å²) in [5.74, 6) is 2.23. The van der Waals surface area contributed by atoms with Gasteiger partial charge in [-0.15, -0.1) is 0 Å². The maximum absolute atomic E-state index is 10.7. The minimum absolute atomic E-state index is 0.0736. The molecule has 0 saturated heterocycles. The second-order valence-corrected chi connectivity index (χ2v) is 7.57. The van der Waals surface area contributed by atoms with Gasteiger partial charge >= 0.3 is 0 Å². The highest BCUT2D eigenvalue weighted by atomic mass is 16.5. The number of hydrogen-bond donors (Lipinski definition) is 1. The van der Waals surface area contributed by atoms with Crippen LogP contribution in [0.2, 0.25) is 0 Å². The van der Waals surface area contributed by atoms with Crippen molar-refractivity contribution in [2.75, 3.05) is 6.61 Å². The fourth-order valence-corrected chi connectivity index (χ4v) is 3.17. The van der Waals surface area contributed by atoms with Crippen LogP contribution in [0.15, 0.2) is 66.7 Å². The van der Waals surface area contributed by atoms with Crippen LogP contribution in [-0.4, -0.2) is 26.7 Å². The molecule has 3 aromatic carbocycles. The van der Waals surface area contributed by atoms with Crippen molar-refractivity contribution in [1.29, 1.82) is 0 Å². The largest absolute Gasteiger partial charge is 0.507 e. The highest BCUT2D eigenvalue weighted by molar-refractivity contribution is 5.70. The first-order valence-electron chi connectivity index (χ1n) is 10.4. The van der Waals surface area contributed by atoms with Crippen molar-refractivity contribution in [2.24, 2.45) is 0 Å². The first kappa shape index (κ1) is 20.5. The van der Waals surface area contributed by atoms with Crippen molar-refractivity contribution in [1.82, 2.24) is 15.0 Å². The molecule has 5 nitrogen and oxygen atoms in total. The van der Waals surface area contributed by atoms with Gasteiger partial charge in [0.05, 0.1) is 12.2 Å². The molecular formula is C26H25N3O2. The number of phenolic OH excluding ortho intramolecular Hbond substituents is 1. The summed E-state index contributed by atoms with van der Waals surface area (Å²) >= 11 is 0. The topological polar surface area (TPSA) is 68.1 Å². The summed E-state index contributed by atoms with van der Waals surface area (Å²) < 4.78 is 5.62. The van der Waals surface area contributed by atoms with Crippen molar-refractivity contribution in [3.63, 3.8) is 0 Å². The molecule has 5 heteroatoms. The summed E-state index contributed by atoms with van der Waals surface area (Å²) in [6.45, 7) is 6.72. The standard InChI is InChI=1S/C26H25N3O2/c1-4-15-31-21-13-14-22(23(30)16-21)26-28-24(19-9-5-17(2)6-10-19)27-25(29-26)20-11-7-18(3)8-12-20/h5-14,16,30H,4,15H2,1-3H3. The molecule has 0 fully saturated rings. The number of aromatic hydroxyl groups is 1. The molecule has 1 aromatic heterocycles. The minimum atomic E-state index is 0.0736. The fourth-order valence-electron chi connectivity index (χ4n) is 3.17. The molecule has 0 saturated carbocycles. The van der Waals surface area contributed by atoms with Crippen LogP contribution < -0.4 is 4.74 Å². The highest BCUT2D eigenvalue weighted by Gasteiger charge is 2.15. The molecule has 0 spiro atoms. The first-order chi connectivity index (χ1) is 15.0. The van der Waals surface area contributed by atoms with E-state index in [4.69, 9.17) is 9.72 Å². The summed E-state index contributed by atoms with van der Waals surface area (Å²) in [4.78, 5) is 14.1. The second-order valence-electron chi connectivity index (χ2n) is 7.57. The Hall–Kier alpha value is -3.73. The molecule has 1 heterocycles. The molecule has 1 N–H and O–H groups in total. The zero-order valence-electron chi connectivity index (χ0n) is 18.0. The van der Waals surface area contributed by atoms with Crippen LogP contribution in [0.3, 0.4) is 0 Å². The number of hydrogen-bond acceptors (Lipinski definition) is 5. The average molecular weight is 412 g/mol. The van der Waals surface area contributed by atoms with Crippen molar-refractivity contribution in [2.45, 2.75) is 27.2 Å². The van der Waals surface area contributed by atoms with E-state index in [-0.39, 0.29) is 5.75 Å². The summed E-state index contributed by atoms with van der Waals surface area (Å²) in [5.41, 5.74) is 4.65. The van der Waals surface area contributed by atoms with Gasteiger partial charge in [0.25, 0.3) is 0 Å². The molecule has 4 rings (SSSR count). The zero-order valence-corrected chi connectivity index (χ0v) is 18.0. The molecule has 0 aliphatic rings. The quantitative estimate of drug-likeness (QED) is 0.422. The molecule has 4 aromatic rings. The molecule has 31 heavy (non-hydrogen) atoms. The van der Waals surface area contributed by atoms with Gasteiger partial charge < -0.3 is 9.84 Å². The van der Waals surface area contributed by atoms with E-state index in [2.05, 4.69) is 9.97 Å². The molecule has 0 aliphatic carbocycles.